The Balaban J connectivity index is 1.45. The Morgan fingerprint density at radius 3 is 2.32 bits per heavy atom. The molecular weight excluding hydrogens is 500 g/mol. The highest BCUT2D eigenvalue weighted by Crippen LogP contribution is 2.31. The van der Waals surface area contributed by atoms with Gasteiger partial charge in [-0.3, -0.25) is 23.7 Å². The minimum atomic E-state index is -0.322. The molecule has 2 amide bonds. The third kappa shape index (κ3) is 5.53. The molecule has 0 bridgehead atoms. The lowest BCUT2D eigenvalue weighted by Gasteiger charge is -2.30. The predicted molar refractivity (Wildman–Crippen MR) is 147 cm³/mol. The van der Waals surface area contributed by atoms with E-state index in [-0.39, 0.29) is 40.9 Å². The third-order valence-corrected chi connectivity index (χ3v) is 8.62. The van der Waals surface area contributed by atoms with Crippen molar-refractivity contribution in [3.8, 4) is 0 Å². The smallest absolute Gasteiger partial charge is 0.262 e. The first-order valence-electron chi connectivity index (χ1n) is 13.3. The fraction of sp³-hybridized carbons (Fsp3) is 0.414. The molecule has 1 saturated heterocycles. The number of likely N-dealkylation sites (tertiary alicyclic amines) is 1. The van der Waals surface area contributed by atoms with E-state index >= 15 is 0 Å². The van der Waals surface area contributed by atoms with E-state index in [9.17, 15) is 19.2 Å². The molecule has 0 spiro atoms. The molecule has 0 unspecified atom stereocenters. The number of benzene rings is 2. The predicted octanol–water partition coefficient (Wildman–Crippen LogP) is 4.21. The van der Waals surface area contributed by atoms with E-state index in [4.69, 9.17) is 10.7 Å². The minimum absolute atomic E-state index is 0.0246. The molecule has 9 heteroatoms. The zero-order chi connectivity index (χ0) is 26.6. The summed E-state index contributed by atoms with van der Waals surface area (Å²) < 4.78 is 1.78. The number of hydrogen-bond donors (Lipinski definition) is 1. The minimum Gasteiger partial charge on any atom is -0.369 e. The topological polar surface area (TPSA) is 115 Å². The van der Waals surface area contributed by atoms with Crippen LogP contribution in [0, 0.1) is 5.92 Å². The first-order valence-corrected chi connectivity index (χ1v) is 14.3. The quantitative estimate of drug-likeness (QED) is 0.277. The van der Waals surface area contributed by atoms with Gasteiger partial charge in [-0.1, -0.05) is 61.4 Å². The monoisotopic (exact) mass is 532 g/mol. The summed E-state index contributed by atoms with van der Waals surface area (Å²) in [5.74, 6) is -0.530. The summed E-state index contributed by atoms with van der Waals surface area (Å²) in [6, 6.07) is 14.2. The number of carbonyl (C=O) groups is 3. The molecule has 1 aliphatic heterocycles. The maximum absolute atomic E-state index is 13.7. The molecule has 2 N–H and O–H groups in total. The van der Waals surface area contributed by atoms with Crippen LogP contribution in [0.25, 0.3) is 10.9 Å². The van der Waals surface area contributed by atoms with Gasteiger partial charge in [0.05, 0.1) is 16.7 Å². The second-order valence-corrected chi connectivity index (χ2v) is 11.1. The van der Waals surface area contributed by atoms with Gasteiger partial charge in [-0.05, 0) is 43.9 Å². The van der Waals surface area contributed by atoms with Gasteiger partial charge >= 0.3 is 0 Å². The van der Waals surface area contributed by atoms with Crippen molar-refractivity contribution in [2.75, 3.05) is 18.8 Å². The number of hydrogen-bond acceptors (Lipinski definition) is 6. The van der Waals surface area contributed by atoms with Gasteiger partial charge in [-0.25, -0.2) is 4.98 Å². The maximum atomic E-state index is 13.7. The summed E-state index contributed by atoms with van der Waals surface area (Å²) in [5.41, 5.74) is 6.83. The van der Waals surface area contributed by atoms with Crippen molar-refractivity contribution in [2.45, 2.75) is 56.1 Å². The Bertz CT molecular complexity index is 1410. The zero-order valence-electron chi connectivity index (χ0n) is 21.3. The Hall–Kier alpha value is -3.46. The summed E-state index contributed by atoms with van der Waals surface area (Å²) >= 11 is 1.28. The maximum Gasteiger partial charge on any atom is 0.262 e. The van der Waals surface area contributed by atoms with Crippen molar-refractivity contribution in [3.05, 3.63) is 70.0 Å². The van der Waals surface area contributed by atoms with Gasteiger partial charge in [-0.2, -0.15) is 0 Å². The zero-order valence-corrected chi connectivity index (χ0v) is 22.1. The molecule has 0 radical (unpaired) electrons. The van der Waals surface area contributed by atoms with Crippen molar-refractivity contribution in [3.63, 3.8) is 0 Å². The van der Waals surface area contributed by atoms with Crippen LogP contribution in [0.3, 0.4) is 0 Å². The molecule has 38 heavy (non-hydrogen) atoms. The number of ketones is 1. The average Bonchev–Trinajstić information content (AvgIpc) is 2.96. The molecule has 1 saturated carbocycles. The number of Topliss-reactive ketones (excluding diaryl/α,β-unsaturated/α-hetero) is 1. The molecule has 3 aromatic rings. The summed E-state index contributed by atoms with van der Waals surface area (Å²) in [5, 5.41) is 0.990. The van der Waals surface area contributed by atoms with Crippen molar-refractivity contribution in [1.29, 1.82) is 0 Å². The van der Waals surface area contributed by atoms with Crippen LogP contribution in [0.4, 0.5) is 0 Å². The largest absolute Gasteiger partial charge is 0.369 e. The highest BCUT2D eigenvalue weighted by atomic mass is 32.2. The summed E-state index contributed by atoms with van der Waals surface area (Å²) in [7, 11) is 0. The fourth-order valence-corrected chi connectivity index (χ4v) is 6.42. The molecule has 2 heterocycles. The molecule has 198 valence electrons. The van der Waals surface area contributed by atoms with Gasteiger partial charge in [0, 0.05) is 36.2 Å². The van der Waals surface area contributed by atoms with E-state index in [2.05, 4.69) is 0 Å². The van der Waals surface area contributed by atoms with Gasteiger partial charge in [0.25, 0.3) is 11.5 Å². The molecule has 5 rings (SSSR count). The molecule has 2 aliphatic rings. The molecule has 2 fully saturated rings. The first kappa shape index (κ1) is 26.2. The number of carbonyl (C=O) groups excluding carboxylic acids is 3. The number of nitrogens with zero attached hydrogens (tertiary/aromatic N) is 3. The second-order valence-electron chi connectivity index (χ2n) is 10.1. The van der Waals surface area contributed by atoms with Gasteiger partial charge in [0.1, 0.15) is 0 Å². The van der Waals surface area contributed by atoms with Crippen LogP contribution in [0.5, 0.6) is 0 Å². The van der Waals surface area contributed by atoms with Crippen LogP contribution in [0.2, 0.25) is 0 Å². The highest BCUT2D eigenvalue weighted by molar-refractivity contribution is 7.99. The summed E-state index contributed by atoms with van der Waals surface area (Å²) in [6.45, 7) is 0.924. The van der Waals surface area contributed by atoms with E-state index in [1.54, 1.807) is 39.8 Å². The molecule has 0 atom stereocenters. The third-order valence-electron chi connectivity index (χ3n) is 7.67. The van der Waals surface area contributed by atoms with Crippen molar-refractivity contribution < 1.29 is 14.4 Å². The Morgan fingerprint density at radius 1 is 0.921 bits per heavy atom. The fourth-order valence-electron chi connectivity index (χ4n) is 5.46. The van der Waals surface area contributed by atoms with E-state index in [1.807, 2.05) is 18.2 Å². The standard InChI is InChI=1S/C29H32N4O4S/c30-26(35)20-13-15-32(16-14-20)27(36)21-11-12-23-24(17-21)31-29(33(28(23)37)22-9-5-2-6-10-22)38-18-25(34)19-7-3-1-4-8-19/h1,3-4,7-8,11-12,17,20,22H,2,5-6,9-10,13-16,18H2,(H2,30,35). The van der Waals surface area contributed by atoms with Crippen LogP contribution in [-0.2, 0) is 4.79 Å². The number of thioether (sulfide) groups is 1. The van der Waals surface area contributed by atoms with Crippen LogP contribution in [0.15, 0.2) is 58.5 Å². The van der Waals surface area contributed by atoms with Gasteiger partial charge in [0.15, 0.2) is 10.9 Å². The van der Waals surface area contributed by atoms with E-state index in [0.29, 0.717) is 53.1 Å². The van der Waals surface area contributed by atoms with Crippen LogP contribution in [-0.4, -0.2) is 50.9 Å². The Morgan fingerprint density at radius 2 is 1.63 bits per heavy atom. The lowest BCUT2D eigenvalue weighted by Crippen LogP contribution is -2.41. The van der Waals surface area contributed by atoms with Gasteiger partial charge < -0.3 is 10.6 Å². The second kappa shape index (κ2) is 11.5. The van der Waals surface area contributed by atoms with Crippen molar-refractivity contribution >= 4 is 40.3 Å². The Labute approximate surface area is 225 Å². The normalized spacial score (nSPS) is 17.0. The molecule has 8 nitrogen and oxygen atoms in total. The van der Waals surface area contributed by atoms with Crippen molar-refractivity contribution in [2.24, 2.45) is 11.7 Å². The molecule has 1 aromatic heterocycles. The lowest BCUT2D eigenvalue weighted by molar-refractivity contribution is -0.123. The van der Waals surface area contributed by atoms with E-state index in [0.717, 1.165) is 32.1 Å². The lowest BCUT2D eigenvalue weighted by atomic mass is 9.95. The summed E-state index contributed by atoms with van der Waals surface area (Å²) in [6.07, 6.45) is 6.19. The van der Waals surface area contributed by atoms with Gasteiger partial charge in [-0.15, -0.1) is 0 Å². The van der Waals surface area contributed by atoms with Crippen LogP contribution >= 0.6 is 11.8 Å². The number of aromatic nitrogens is 2. The Kier molecular flexibility index (Phi) is 7.93. The number of primary amides is 1. The number of nitrogens with two attached hydrogens (primary N) is 1. The molecule has 1 aliphatic carbocycles. The highest BCUT2D eigenvalue weighted by Gasteiger charge is 2.27. The number of amides is 2. The van der Waals surface area contributed by atoms with E-state index < -0.39 is 0 Å². The van der Waals surface area contributed by atoms with Crippen LogP contribution in [0.1, 0.15) is 71.7 Å². The SMILES string of the molecule is NC(=O)C1CCN(C(=O)c2ccc3c(=O)n(C4CCCCC4)c(SCC(=O)c4ccccc4)nc3c2)CC1. The summed E-state index contributed by atoms with van der Waals surface area (Å²) in [4.78, 5) is 57.8. The van der Waals surface area contributed by atoms with Crippen LogP contribution < -0.4 is 11.3 Å². The van der Waals surface area contributed by atoms with Gasteiger partial charge in [0.2, 0.25) is 5.91 Å². The number of fused-ring (bicyclic) bond motifs is 1. The number of rotatable bonds is 7. The molecule has 2 aromatic carbocycles. The van der Waals surface area contributed by atoms with Crippen molar-refractivity contribution in [1.82, 2.24) is 14.5 Å². The average molecular weight is 533 g/mol. The molecular formula is C29H32N4O4S. The number of piperidine rings is 1. The van der Waals surface area contributed by atoms with E-state index in [1.165, 1.54) is 11.8 Å². The first-order chi connectivity index (χ1) is 18.4.